The molecule has 0 unspecified atom stereocenters. The lowest BCUT2D eigenvalue weighted by Gasteiger charge is -2.22. The van der Waals surface area contributed by atoms with Crippen molar-refractivity contribution in [3.63, 3.8) is 0 Å². The highest BCUT2D eigenvalue weighted by molar-refractivity contribution is 5.91. The van der Waals surface area contributed by atoms with Gasteiger partial charge in [-0.1, -0.05) is 12.7 Å². The van der Waals surface area contributed by atoms with Gasteiger partial charge in [0.2, 0.25) is 5.82 Å². The van der Waals surface area contributed by atoms with Crippen LogP contribution in [0.5, 0.6) is 5.75 Å². The number of nitrogens with zero attached hydrogens (tertiary/aromatic N) is 4. The predicted octanol–water partition coefficient (Wildman–Crippen LogP) is 1.98. The molecule has 0 saturated heterocycles. The van der Waals surface area contributed by atoms with Gasteiger partial charge in [-0.3, -0.25) is 9.89 Å². The number of hydrogen-bond donors (Lipinski definition) is 2. The van der Waals surface area contributed by atoms with Gasteiger partial charge in [-0.25, -0.2) is 10.4 Å². The smallest absolute Gasteiger partial charge is 0.308 e. The van der Waals surface area contributed by atoms with Crippen LogP contribution in [-0.2, 0) is 0 Å². The Morgan fingerprint density at radius 3 is 2.88 bits per heavy atom. The van der Waals surface area contributed by atoms with Crippen LogP contribution in [0.4, 0.5) is 5.69 Å². The molecule has 1 heterocycles. The number of carbonyl (C=O) groups excluding carboxylic acids is 1. The van der Waals surface area contributed by atoms with Gasteiger partial charge in [0.15, 0.2) is 0 Å². The van der Waals surface area contributed by atoms with Crippen LogP contribution in [0.25, 0.3) is 0 Å². The monoisotopic (exact) mass is 342 g/mol. The van der Waals surface area contributed by atoms with Crippen LogP contribution < -0.4 is 15.1 Å². The molecule has 0 saturated carbocycles. The number of aromatic nitrogens is 3. The SMILES string of the molecule is C=CCOc1cc(N(CC)CC)ccc1/C=N\NC(=O)c1ncn[nH]1. The molecule has 1 amide bonds. The van der Waals surface area contributed by atoms with Crippen molar-refractivity contribution in [3.05, 3.63) is 48.6 Å². The summed E-state index contributed by atoms with van der Waals surface area (Å²) in [6.07, 6.45) is 4.46. The van der Waals surface area contributed by atoms with E-state index in [0.717, 1.165) is 24.3 Å². The van der Waals surface area contributed by atoms with Crippen LogP contribution in [-0.4, -0.2) is 47.0 Å². The van der Waals surface area contributed by atoms with E-state index in [0.29, 0.717) is 12.4 Å². The van der Waals surface area contributed by atoms with Crippen molar-refractivity contribution in [1.82, 2.24) is 20.6 Å². The van der Waals surface area contributed by atoms with Crippen LogP contribution in [0.1, 0.15) is 30.0 Å². The minimum atomic E-state index is -0.470. The standard InChI is InChI=1S/C17H22N6O2/c1-4-9-25-15-10-14(23(5-2)6-3)8-7-13(15)11-19-22-17(24)16-18-12-20-21-16/h4,7-8,10-12H,1,5-6,9H2,2-3H3,(H,22,24)(H,18,20,21)/b19-11-. The second kappa shape index (κ2) is 9.21. The number of H-pyrrole nitrogens is 1. The predicted molar refractivity (Wildman–Crippen MR) is 97.1 cm³/mol. The number of benzene rings is 1. The van der Waals surface area contributed by atoms with Gasteiger partial charge in [0.05, 0.1) is 6.21 Å². The van der Waals surface area contributed by atoms with Crippen molar-refractivity contribution in [2.75, 3.05) is 24.6 Å². The molecule has 2 N–H and O–H groups in total. The summed E-state index contributed by atoms with van der Waals surface area (Å²) < 4.78 is 5.72. The molecular weight excluding hydrogens is 320 g/mol. The minimum Gasteiger partial charge on any atom is -0.489 e. The lowest BCUT2D eigenvalue weighted by molar-refractivity contribution is 0.0945. The Hall–Kier alpha value is -3.16. The average Bonchev–Trinajstić information content (AvgIpc) is 3.17. The van der Waals surface area contributed by atoms with Crippen molar-refractivity contribution < 1.29 is 9.53 Å². The highest BCUT2D eigenvalue weighted by Crippen LogP contribution is 2.25. The van der Waals surface area contributed by atoms with Crippen LogP contribution >= 0.6 is 0 Å². The van der Waals surface area contributed by atoms with E-state index in [9.17, 15) is 4.79 Å². The van der Waals surface area contributed by atoms with E-state index < -0.39 is 5.91 Å². The summed E-state index contributed by atoms with van der Waals surface area (Å²) >= 11 is 0. The summed E-state index contributed by atoms with van der Waals surface area (Å²) in [5, 5.41) is 10.0. The molecule has 2 rings (SSSR count). The molecule has 132 valence electrons. The number of aromatic amines is 1. The zero-order valence-corrected chi connectivity index (χ0v) is 14.4. The number of rotatable bonds is 9. The van der Waals surface area contributed by atoms with Gasteiger partial charge < -0.3 is 9.64 Å². The van der Waals surface area contributed by atoms with E-state index >= 15 is 0 Å². The normalized spacial score (nSPS) is 10.6. The fourth-order valence-corrected chi connectivity index (χ4v) is 2.22. The number of amides is 1. The third-order valence-electron chi connectivity index (χ3n) is 3.48. The largest absolute Gasteiger partial charge is 0.489 e. The van der Waals surface area contributed by atoms with Crippen molar-refractivity contribution in [2.24, 2.45) is 5.10 Å². The molecule has 0 aliphatic rings. The first-order chi connectivity index (χ1) is 12.2. The molecular formula is C17H22N6O2. The van der Waals surface area contributed by atoms with Crippen LogP contribution in [0.3, 0.4) is 0 Å². The number of anilines is 1. The number of nitrogens with one attached hydrogen (secondary N) is 2. The van der Waals surface area contributed by atoms with E-state index in [2.05, 4.69) is 51.0 Å². The second-order valence-corrected chi connectivity index (χ2v) is 5.03. The molecule has 25 heavy (non-hydrogen) atoms. The van der Waals surface area contributed by atoms with Gasteiger partial charge in [0.1, 0.15) is 18.7 Å². The van der Waals surface area contributed by atoms with Gasteiger partial charge in [-0.15, -0.1) is 0 Å². The molecule has 1 aromatic carbocycles. The number of hydrazone groups is 1. The molecule has 0 aliphatic carbocycles. The quantitative estimate of drug-likeness (QED) is 0.413. The lowest BCUT2D eigenvalue weighted by Crippen LogP contribution is -2.22. The first kappa shape index (κ1) is 18.2. The van der Waals surface area contributed by atoms with Crippen LogP contribution in [0.15, 0.2) is 42.3 Å². The first-order valence-corrected chi connectivity index (χ1v) is 8.01. The van der Waals surface area contributed by atoms with E-state index in [1.807, 2.05) is 18.2 Å². The van der Waals surface area contributed by atoms with Gasteiger partial charge in [-0.2, -0.15) is 10.2 Å². The lowest BCUT2D eigenvalue weighted by atomic mass is 10.2. The average molecular weight is 342 g/mol. The molecule has 0 bridgehead atoms. The Bertz CT molecular complexity index is 723. The number of ether oxygens (including phenoxy) is 1. The molecule has 0 spiro atoms. The Balaban J connectivity index is 2.15. The highest BCUT2D eigenvalue weighted by atomic mass is 16.5. The molecule has 0 fully saturated rings. The molecule has 2 aromatic rings. The summed E-state index contributed by atoms with van der Waals surface area (Å²) in [5.74, 6) is 0.293. The topological polar surface area (TPSA) is 95.5 Å². The maximum Gasteiger partial charge on any atom is 0.308 e. The van der Waals surface area contributed by atoms with Gasteiger partial charge in [0.25, 0.3) is 0 Å². The van der Waals surface area contributed by atoms with E-state index in [4.69, 9.17) is 4.74 Å². The molecule has 8 heteroatoms. The van der Waals surface area contributed by atoms with Crippen molar-refractivity contribution >= 4 is 17.8 Å². The Labute approximate surface area is 146 Å². The molecule has 0 aliphatic heterocycles. The third kappa shape index (κ3) is 4.90. The molecule has 1 aromatic heterocycles. The first-order valence-electron chi connectivity index (χ1n) is 8.01. The highest BCUT2D eigenvalue weighted by Gasteiger charge is 2.09. The minimum absolute atomic E-state index is 0.0946. The fourth-order valence-electron chi connectivity index (χ4n) is 2.22. The Morgan fingerprint density at radius 2 is 2.24 bits per heavy atom. The second-order valence-electron chi connectivity index (χ2n) is 5.03. The molecule has 0 radical (unpaired) electrons. The fraction of sp³-hybridized carbons (Fsp3) is 0.294. The van der Waals surface area contributed by atoms with E-state index in [1.165, 1.54) is 12.5 Å². The summed E-state index contributed by atoms with van der Waals surface area (Å²) in [6.45, 7) is 10.0. The van der Waals surface area contributed by atoms with Gasteiger partial charge in [0, 0.05) is 30.4 Å². The van der Waals surface area contributed by atoms with Crippen molar-refractivity contribution in [3.8, 4) is 5.75 Å². The zero-order valence-electron chi connectivity index (χ0n) is 14.4. The van der Waals surface area contributed by atoms with Crippen LogP contribution in [0, 0.1) is 0 Å². The van der Waals surface area contributed by atoms with Gasteiger partial charge in [-0.05, 0) is 26.0 Å². The van der Waals surface area contributed by atoms with Crippen molar-refractivity contribution in [1.29, 1.82) is 0 Å². The third-order valence-corrected chi connectivity index (χ3v) is 3.48. The summed E-state index contributed by atoms with van der Waals surface area (Å²) in [6, 6.07) is 5.85. The Kier molecular flexibility index (Phi) is 6.70. The molecule has 8 nitrogen and oxygen atoms in total. The molecule has 0 atom stereocenters. The number of hydrogen-bond acceptors (Lipinski definition) is 6. The maximum atomic E-state index is 11.8. The van der Waals surface area contributed by atoms with Crippen molar-refractivity contribution in [2.45, 2.75) is 13.8 Å². The summed E-state index contributed by atoms with van der Waals surface area (Å²) in [7, 11) is 0. The Morgan fingerprint density at radius 1 is 1.44 bits per heavy atom. The zero-order chi connectivity index (χ0) is 18.1. The van der Waals surface area contributed by atoms with E-state index in [-0.39, 0.29) is 5.82 Å². The van der Waals surface area contributed by atoms with E-state index in [1.54, 1.807) is 6.08 Å². The summed E-state index contributed by atoms with van der Waals surface area (Å²) in [4.78, 5) is 17.7. The summed E-state index contributed by atoms with van der Waals surface area (Å²) in [5.41, 5.74) is 4.20. The van der Waals surface area contributed by atoms with Crippen LogP contribution in [0.2, 0.25) is 0 Å². The maximum absolute atomic E-state index is 11.8. The van der Waals surface area contributed by atoms with Gasteiger partial charge >= 0.3 is 5.91 Å². The number of carbonyl (C=O) groups is 1.